The first-order chi connectivity index (χ1) is 16.4. The monoisotopic (exact) mass is 503 g/mol. The van der Waals surface area contributed by atoms with Crippen molar-refractivity contribution >= 4 is 29.2 Å². The number of Topliss-reactive ketones (excluding diaryl/α,β-unsaturated/α-hetero) is 1. The van der Waals surface area contributed by atoms with Gasteiger partial charge in [0.15, 0.2) is 0 Å². The maximum Gasteiger partial charge on any atom is 0.309 e. The fraction of sp³-hybridized carbons (Fsp3) is 0.690. The minimum absolute atomic E-state index is 0.0359. The lowest BCUT2D eigenvalue weighted by molar-refractivity contribution is -0.155. The molecule has 0 radical (unpaired) electrons. The second-order valence-electron chi connectivity index (χ2n) is 11.0. The van der Waals surface area contributed by atoms with Crippen molar-refractivity contribution in [3.8, 4) is 0 Å². The third kappa shape index (κ3) is 8.11. The first-order valence-corrected chi connectivity index (χ1v) is 13.8. The van der Waals surface area contributed by atoms with E-state index in [0.717, 1.165) is 35.5 Å². The highest BCUT2D eigenvalue weighted by Gasteiger charge is 2.42. The minimum Gasteiger partial charge on any atom is -0.457 e. The molecule has 0 aliphatic carbocycles. The third-order valence-corrected chi connectivity index (χ3v) is 8.67. The smallest absolute Gasteiger partial charge is 0.309 e. The molecule has 0 spiro atoms. The van der Waals surface area contributed by atoms with Crippen molar-refractivity contribution in [1.29, 1.82) is 0 Å². The predicted molar refractivity (Wildman–Crippen MR) is 144 cm³/mol. The number of aryl methyl sites for hydroxylation is 1. The number of ketones is 1. The Morgan fingerprint density at radius 2 is 1.91 bits per heavy atom. The van der Waals surface area contributed by atoms with Crippen LogP contribution in [0.4, 0.5) is 0 Å². The number of esters is 1. The standard InChI is InChI=1S/C29H45NO4S/c1-18-11-10-12-19(2)21(4)22(5)28(32)29(7,8)26(33-9)16-27(31)34-25(14-13-18)20(3)15-24-17-35-23(6)30-24/h13,15,17,19,21-22,25-26H,10-12,14,16H2,1-9H3/b18-13-,20-15+/t19?,21-,22?,25-,26?/m0/s1. The summed E-state index contributed by atoms with van der Waals surface area (Å²) in [6.45, 7) is 16.4. The summed E-state index contributed by atoms with van der Waals surface area (Å²) in [4.78, 5) is 31.2. The van der Waals surface area contributed by atoms with Crippen LogP contribution >= 0.6 is 11.3 Å². The summed E-state index contributed by atoms with van der Waals surface area (Å²) in [5.41, 5.74) is 2.34. The van der Waals surface area contributed by atoms with E-state index in [4.69, 9.17) is 9.47 Å². The van der Waals surface area contributed by atoms with Crippen molar-refractivity contribution in [2.45, 2.75) is 99.7 Å². The number of rotatable bonds is 3. The molecule has 1 aliphatic rings. The molecule has 0 saturated heterocycles. The van der Waals surface area contributed by atoms with Crippen LogP contribution in [0.25, 0.3) is 6.08 Å². The van der Waals surface area contributed by atoms with Crippen LogP contribution in [-0.2, 0) is 19.1 Å². The van der Waals surface area contributed by atoms with Crippen molar-refractivity contribution in [2.24, 2.45) is 23.2 Å². The van der Waals surface area contributed by atoms with Gasteiger partial charge in [-0.25, -0.2) is 4.98 Å². The van der Waals surface area contributed by atoms with Gasteiger partial charge in [-0.2, -0.15) is 0 Å². The second-order valence-corrected chi connectivity index (χ2v) is 12.0. The molecule has 0 bridgehead atoms. The van der Waals surface area contributed by atoms with Crippen molar-refractivity contribution in [2.75, 3.05) is 7.11 Å². The zero-order valence-electron chi connectivity index (χ0n) is 23.1. The molecule has 0 saturated carbocycles. The lowest BCUT2D eigenvalue weighted by Crippen LogP contribution is -2.44. The Labute approximate surface area is 216 Å². The van der Waals surface area contributed by atoms with E-state index in [1.807, 2.05) is 46.1 Å². The maximum absolute atomic E-state index is 13.6. The second kappa shape index (κ2) is 13.0. The van der Waals surface area contributed by atoms with Gasteiger partial charge in [0.25, 0.3) is 0 Å². The highest BCUT2D eigenvalue weighted by Crippen LogP contribution is 2.36. The molecule has 0 amide bonds. The predicted octanol–water partition coefficient (Wildman–Crippen LogP) is 7.20. The van der Waals surface area contributed by atoms with E-state index in [-0.39, 0.29) is 36.1 Å². The zero-order chi connectivity index (χ0) is 26.3. The third-order valence-electron chi connectivity index (χ3n) is 7.88. The summed E-state index contributed by atoms with van der Waals surface area (Å²) in [7, 11) is 1.57. The molecule has 1 aromatic rings. The van der Waals surface area contributed by atoms with Crippen LogP contribution in [0.3, 0.4) is 0 Å². The molecule has 0 fully saturated rings. The van der Waals surface area contributed by atoms with E-state index in [2.05, 4.69) is 31.8 Å². The highest BCUT2D eigenvalue weighted by molar-refractivity contribution is 7.09. The van der Waals surface area contributed by atoms with Crippen molar-refractivity contribution in [3.63, 3.8) is 0 Å². The van der Waals surface area contributed by atoms with Gasteiger partial charge in [-0.1, -0.05) is 52.7 Å². The number of hydrogen-bond acceptors (Lipinski definition) is 6. The van der Waals surface area contributed by atoms with E-state index in [0.29, 0.717) is 12.3 Å². The molecule has 2 heterocycles. The molecule has 6 heteroatoms. The van der Waals surface area contributed by atoms with Gasteiger partial charge in [-0.15, -0.1) is 11.3 Å². The molecule has 5 atom stereocenters. The number of nitrogens with zero attached hydrogens (tertiary/aromatic N) is 1. The van der Waals surface area contributed by atoms with Crippen LogP contribution in [0, 0.1) is 30.1 Å². The largest absolute Gasteiger partial charge is 0.457 e. The molecule has 3 unspecified atom stereocenters. The Kier molecular flexibility index (Phi) is 10.9. The first-order valence-electron chi connectivity index (χ1n) is 12.9. The molecule has 2 rings (SSSR count). The molecular weight excluding hydrogens is 458 g/mol. The summed E-state index contributed by atoms with van der Waals surface area (Å²) in [5.74, 6) is 0.381. The molecular formula is C29H45NO4S. The van der Waals surface area contributed by atoms with E-state index >= 15 is 0 Å². The number of hydrogen-bond donors (Lipinski definition) is 0. The highest BCUT2D eigenvalue weighted by atomic mass is 32.1. The van der Waals surface area contributed by atoms with E-state index in [1.165, 1.54) is 5.57 Å². The lowest BCUT2D eigenvalue weighted by atomic mass is 9.70. The molecule has 0 aromatic carbocycles. The topological polar surface area (TPSA) is 65.5 Å². The molecule has 196 valence electrons. The van der Waals surface area contributed by atoms with Crippen LogP contribution in [0.15, 0.2) is 22.6 Å². The summed E-state index contributed by atoms with van der Waals surface area (Å²) < 4.78 is 11.7. The fourth-order valence-corrected chi connectivity index (χ4v) is 5.51. The quantitative estimate of drug-likeness (QED) is 0.322. The van der Waals surface area contributed by atoms with Gasteiger partial charge in [0, 0.05) is 24.8 Å². The number of carbonyl (C=O) groups excluding carboxylic acids is 2. The number of allylic oxidation sites excluding steroid dienone is 1. The average molecular weight is 504 g/mol. The zero-order valence-corrected chi connectivity index (χ0v) is 24.0. The molecule has 35 heavy (non-hydrogen) atoms. The molecule has 1 aliphatic heterocycles. The number of cyclic esters (lactones) is 1. The van der Waals surface area contributed by atoms with Crippen molar-refractivity contribution in [1.82, 2.24) is 4.98 Å². The van der Waals surface area contributed by atoms with Gasteiger partial charge in [-0.3, -0.25) is 9.59 Å². The van der Waals surface area contributed by atoms with Crippen LogP contribution in [-0.4, -0.2) is 36.1 Å². The van der Waals surface area contributed by atoms with E-state index in [9.17, 15) is 9.59 Å². The molecule has 1 aromatic heterocycles. The number of thiazole rings is 1. The van der Waals surface area contributed by atoms with E-state index in [1.54, 1.807) is 18.4 Å². The number of aromatic nitrogens is 1. The lowest BCUT2D eigenvalue weighted by Gasteiger charge is -2.36. The van der Waals surface area contributed by atoms with Gasteiger partial charge in [0.2, 0.25) is 0 Å². The van der Waals surface area contributed by atoms with Crippen LogP contribution in [0.2, 0.25) is 0 Å². The normalized spacial score (nSPS) is 31.5. The molecule has 0 N–H and O–H groups in total. The van der Waals surface area contributed by atoms with Crippen molar-refractivity contribution < 1.29 is 19.1 Å². The number of ether oxygens (including phenoxy) is 2. The van der Waals surface area contributed by atoms with Gasteiger partial charge >= 0.3 is 5.97 Å². The summed E-state index contributed by atoms with van der Waals surface area (Å²) in [6.07, 6.45) is 7.08. The Morgan fingerprint density at radius 1 is 1.23 bits per heavy atom. The Balaban J connectivity index is 2.37. The Bertz CT molecular complexity index is 929. The van der Waals surface area contributed by atoms with E-state index < -0.39 is 11.5 Å². The van der Waals surface area contributed by atoms with Gasteiger partial charge < -0.3 is 9.47 Å². The summed E-state index contributed by atoms with van der Waals surface area (Å²) in [5, 5.41) is 3.01. The SMILES string of the molecule is COC1CC(=O)O[C@H](/C(C)=C/c2csc(C)n2)C/C=C(/C)CCCC(C)[C@H](C)C(C)C(=O)C1(C)C. The van der Waals surface area contributed by atoms with Gasteiger partial charge in [0.05, 0.1) is 28.6 Å². The average Bonchev–Trinajstić information content (AvgIpc) is 3.21. The Hall–Kier alpha value is -1.79. The molecule has 5 nitrogen and oxygen atoms in total. The number of carbonyl (C=O) groups is 2. The fourth-order valence-electron chi connectivity index (χ4n) is 4.94. The maximum atomic E-state index is 13.6. The van der Waals surface area contributed by atoms with Crippen LogP contribution < -0.4 is 0 Å². The number of methoxy groups -OCH3 is 1. The van der Waals surface area contributed by atoms with Crippen LogP contribution in [0.5, 0.6) is 0 Å². The Morgan fingerprint density at radius 3 is 2.51 bits per heavy atom. The first kappa shape index (κ1) is 29.4. The summed E-state index contributed by atoms with van der Waals surface area (Å²) >= 11 is 1.60. The van der Waals surface area contributed by atoms with Crippen molar-refractivity contribution in [3.05, 3.63) is 33.3 Å². The van der Waals surface area contributed by atoms with Gasteiger partial charge in [0.1, 0.15) is 11.9 Å². The van der Waals surface area contributed by atoms with Crippen LogP contribution in [0.1, 0.15) is 91.3 Å². The summed E-state index contributed by atoms with van der Waals surface area (Å²) in [6, 6.07) is 0. The van der Waals surface area contributed by atoms with Gasteiger partial charge in [-0.05, 0) is 57.1 Å². The minimum atomic E-state index is -0.798.